The molecule has 6 nitrogen and oxygen atoms in total. The smallest absolute Gasteiger partial charge is 0.200 e. The van der Waals surface area contributed by atoms with Gasteiger partial charge in [-0.3, -0.25) is 0 Å². The van der Waals surface area contributed by atoms with Crippen LogP contribution in [0.1, 0.15) is 51.9 Å². The Morgan fingerprint density at radius 1 is 1.25 bits per heavy atom. The summed E-state index contributed by atoms with van der Waals surface area (Å²) in [6.45, 7) is 2.27. The van der Waals surface area contributed by atoms with Gasteiger partial charge < -0.3 is 5.32 Å². The van der Waals surface area contributed by atoms with E-state index in [-0.39, 0.29) is 0 Å². The molecule has 1 aliphatic carbocycles. The van der Waals surface area contributed by atoms with Crippen molar-refractivity contribution in [3.05, 3.63) is 12.1 Å². The van der Waals surface area contributed by atoms with E-state index in [4.69, 9.17) is 0 Å². The molecular weight excluding hydrogens is 252 g/mol. The van der Waals surface area contributed by atoms with Crippen molar-refractivity contribution in [2.24, 2.45) is 5.92 Å². The fraction of sp³-hybridized carbons (Fsp3) is 0.714. The third-order valence-corrected chi connectivity index (χ3v) is 4.23. The van der Waals surface area contributed by atoms with E-state index in [0.29, 0.717) is 11.7 Å². The highest BCUT2D eigenvalue weighted by molar-refractivity contribution is 5.42. The van der Waals surface area contributed by atoms with E-state index in [1.807, 2.05) is 12.1 Å². The molecule has 2 aromatic rings. The molecule has 1 N–H and O–H groups in total. The van der Waals surface area contributed by atoms with Crippen LogP contribution in [-0.2, 0) is 0 Å². The highest BCUT2D eigenvalue weighted by atomic mass is 15.6. The van der Waals surface area contributed by atoms with Crippen molar-refractivity contribution in [2.45, 2.75) is 57.9 Å². The second-order valence-electron chi connectivity index (χ2n) is 5.75. The Hall–Kier alpha value is -1.72. The molecule has 0 spiro atoms. The number of aromatic nitrogens is 5. The summed E-state index contributed by atoms with van der Waals surface area (Å²) in [5.74, 6) is 1.80. The van der Waals surface area contributed by atoms with Gasteiger partial charge in [0, 0.05) is 6.04 Å². The van der Waals surface area contributed by atoms with Crippen molar-refractivity contribution < 1.29 is 0 Å². The van der Waals surface area contributed by atoms with Crippen LogP contribution in [0.25, 0.3) is 5.65 Å². The molecule has 20 heavy (non-hydrogen) atoms. The Balaban J connectivity index is 1.53. The summed E-state index contributed by atoms with van der Waals surface area (Å²) in [4.78, 5) is 0. The fourth-order valence-electron chi connectivity index (χ4n) is 3.02. The normalized spacial score (nSPS) is 23.1. The standard InChI is InChI=1S/C14H22N6/c1-2-3-4-11-5-7-12(8-6-11)15-13-9-10-14-16-18-19-20(14)17-13/h9-12H,2-8H2,1H3,(H,15,17). The summed E-state index contributed by atoms with van der Waals surface area (Å²) in [5, 5.41) is 19.2. The van der Waals surface area contributed by atoms with Crippen LogP contribution in [-0.4, -0.2) is 31.3 Å². The van der Waals surface area contributed by atoms with Gasteiger partial charge in [-0.1, -0.05) is 26.2 Å². The quantitative estimate of drug-likeness (QED) is 0.908. The van der Waals surface area contributed by atoms with Gasteiger partial charge in [-0.15, -0.1) is 14.8 Å². The number of rotatable bonds is 5. The van der Waals surface area contributed by atoms with Crippen LogP contribution in [0.4, 0.5) is 5.82 Å². The van der Waals surface area contributed by atoms with E-state index in [1.165, 1.54) is 49.6 Å². The van der Waals surface area contributed by atoms with Gasteiger partial charge in [-0.05, 0) is 54.2 Å². The second kappa shape index (κ2) is 6.15. The monoisotopic (exact) mass is 274 g/mol. The highest BCUT2D eigenvalue weighted by Gasteiger charge is 2.21. The number of fused-ring (bicyclic) bond motifs is 1. The first-order chi connectivity index (χ1) is 9.85. The molecule has 0 radical (unpaired) electrons. The predicted molar refractivity (Wildman–Crippen MR) is 77.5 cm³/mol. The summed E-state index contributed by atoms with van der Waals surface area (Å²) in [6.07, 6.45) is 9.25. The number of unbranched alkanes of at least 4 members (excludes halogenated alkanes) is 1. The van der Waals surface area contributed by atoms with Crippen molar-refractivity contribution in [2.75, 3.05) is 5.32 Å². The topological polar surface area (TPSA) is 68.0 Å². The van der Waals surface area contributed by atoms with E-state index in [2.05, 4.69) is 32.9 Å². The van der Waals surface area contributed by atoms with E-state index >= 15 is 0 Å². The average Bonchev–Trinajstić information content (AvgIpc) is 2.94. The van der Waals surface area contributed by atoms with E-state index in [9.17, 15) is 0 Å². The van der Waals surface area contributed by atoms with Crippen LogP contribution < -0.4 is 5.32 Å². The van der Waals surface area contributed by atoms with Crippen LogP contribution in [0.3, 0.4) is 0 Å². The molecule has 0 atom stereocenters. The maximum absolute atomic E-state index is 4.37. The van der Waals surface area contributed by atoms with Crippen LogP contribution in [0.5, 0.6) is 0 Å². The fourth-order valence-corrected chi connectivity index (χ4v) is 3.02. The molecule has 0 saturated heterocycles. The Labute approximate surface area is 118 Å². The Bertz CT molecular complexity index is 543. The van der Waals surface area contributed by atoms with Gasteiger partial charge in [0.05, 0.1) is 0 Å². The number of hydrogen-bond acceptors (Lipinski definition) is 5. The van der Waals surface area contributed by atoms with E-state index in [0.717, 1.165) is 11.7 Å². The summed E-state index contributed by atoms with van der Waals surface area (Å²) < 4.78 is 1.47. The Morgan fingerprint density at radius 3 is 2.90 bits per heavy atom. The van der Waals surface area contributed by atoms with Gasteiger partial charge in [0.15, 0.2) is 5.65 Å². The lowest BCUT2D eigenvalue weighted by Crippen LogP contribution is -2.26. The summed E-state index contributed by atoms with van der Waals surface area (Å²) in [5.41, 5.74) is 0.679. The lowest BCUT2D eigenvalue weighted by atomic mass is 9.83. The first-order valence-electron chi connectivity index (χ1n) is 7.67. The number of nitrogens with one attached hydrogen (secondary N) is 1. The van der Waals surface area contributed by atoms with Gasteiger partial charge in [-0.25, -0.2) is 0 Å². The molecule has 0 bridgehead atoms. The summed E-state index contributed by atoms with van der Waals surface area (Å²) in [7, 11) is 0. The number of anilines is 1. The van der Waals surface area contributed by atoms with Crippen molar-refractivity contribution in [1.82, 2.24) is 25.3 Å². The summed E-state index contributed by atoms with van der Waals surface area (Å²) >= 11 is 0. The molecule has 1 fully saturated rings. The summed E-state index contributed by atoms with van der Waals surface area (Å²) in [6, 6.07) is 4.38. The van der Waals surface area contributed by atoms with Crippen LogP contribution in [0.2, 0.25) is 0 Å². The second-order valence-corrected chi connectivity index (χ2v) is 5.75. The third kappa shape index (κ3) is 3.05. The number of nitrogens with zero attached hydrogens (tertiary/aromatic N) is 5. The molecule has 0 aromatic carbocycles. The number of hydrogen-bond donors (Lipinski definition) is 1. The van der Waals surface area contributed by atoms with E-state index < -0.39 is 0 Å². The van der Waals surface area contributed by atoms with Crippen LogP contribution >= 0.6 is 0 Å². The molecule has 0 aliphatic heterocycles. The minimum atomic E-state index is 0.536. The zero-order valence-electron chi connectivity index (χ0n) is 12.0. The highest BCUT2D eigenvalue weighted by Crippen LogP contribution is 2.29. The molecule has 6 heteroatoms. The average molecular weight is 274 g/mol. The largest absolute Gasteiger partial charge is 0.366 e. The van der Waals surface area contributed by atoms with Gasteiger partial charge >= 0.3 is 0 Å². The lowest BCUT2D eigenvalue weighted by Gasteiger charge is -2.29. The molecule has 0 amide bonds. The van der Waals surface area contributed by atoms with Crippen LogP contribution in [0.15, 0.2) is 12.1 Å². The molecule has 1 aliphatic rings. The minimum absolute atomic E-state index is 0.536. The molecule has 1 saturated carbocycles. The molecule has 108 valence electrons. The zero-order valence-corrected chi connectivity index (χ0v) is 12.0. The maximum Gasteiger partial charge on any atom is 0.200 e. The van der Waals surface area contributed by atoms with Gasteiger partial charge in [0.2, 0.25) is 0 Å². The molecule has 0 unspecified atom stereocenters. The first-order valence-corrected chi connectivity index (χ1v) is 7.67. The number of tetrazole rings is 1. The SMILES string of the molecule is CCCCC1CCC(Nc2ccc3nnnn3n2)CC1. The molecule has 2 aromatic heterocycles. The molecule has 3 rings (SSSR count). The zero-order chi connectivity index (χ0) is 13.8. The van der Waals surface area contributed by atoms with Gasteiger partial charge in [-0.2, -0.15) is 0 Å². The van der Waals surface area contributed by atoms with E-state index in [1.54, 1.807) is 0 Å². The predicted octanol–water partition coefficient (Wildman–Crippen LogP) is 2.68. The van der Waals surface area contributed by atoms with Crippen molar-refractivity contribution >= 4 is 11.5 Å². The van der Waals surface area contributed by atoms with Crippen molar-refractivity contribution in [3.63, 3.8) is 0 Å². The van der Waals surface area contributed by atoms with Crippen molar-refractivity contribution in [1.29, 1.82) is 0 Å². The van der Waals surface area contributed by atoms with Gasteiger partial charge in [0.1, 0.15) is 5.82 Å². The van der Waals surface area contributed by atoms with Gasteiger partial charge in [0.25, 0.3) is 0 Å². The first kappa shape index (κ1) is 13.3. The Kier molecular flexibility index (Phi) is 4.08. The maximum atomic E-state index is 4.37. The molecule has 2 heterocycles. The Morgan fingerprint density at radius 2 is 2.10 bits per heavy atom. The van der Waals surface area contributed by atoms with Crippen LogP contribution in [0, 0.1) is 5.92 Å². The molecular formula is C14H22N6. The third-order valence-electron chi connectivity index (χ3n) is 4.23. The minimum Gasteiger partial charge on any atom is -0.366 e. The van der Waals surface area contributed by atoms with Crippen molar-refractivity contribution in [3.8, 4) is 0 Å². The lowest BCUT2D eigenvalue weighted by molar-refractivity contribution is 0.314.